The van der Waals surface area contributed by atoms with Crippen LogP contribution >= 0.6 is 0 Å². The fourth-order valence-corrected chi connectivity index (χ4v) is 2.64. The lowest BCUT2D eigenvalue weighted by Crippen LogP contribution is -2.28. The standard InChI is InChI=1S/C15H21F2NO/c1-15(16,17)13-10-12(3-4-14(13)19-2)9-11-5-7-18-8-6-11/h3-4,10-11,18H,5-9H2,1-2H3. The first kappa shape index (κ1) is 14.3. The lowest BCUT2D eigenvalue weighted by Gasteiger charge is -2.23. The number of piperidine rings is 1. The molecule has 0 saturated carbocycles. The molecule has 1 aliphatic heterocycles. The second kappa shape index (κ2) is 5.87. The Morgan fingerprint density at radius 3 is 2.58 bits per heavy atom. The van der Waals surface area contributed by atoms with Crippen LogP contribution < -0.4 is 10.1 Å². The normalized spacial score (nSPS) is 17.5. The molecule has 0 radical (unpaired) electrons. The third-order valence-corrected chi connectivity index (χ3v) is 3.72. The quantitative estimate of drug-likeness (QED) is 0.905. The molecule has 2 nitrogen and oxygen atoms in total. The van der Waals surface area contributed by atoms with Gasteiger partial charge in [0.2, 0.25) is 0 Å². The van der Waals surface area contributed by atoms with Crippen LogP contribution in [0.2, 0.25) is 0 Å². The van der Waals surface area contributed by atoms with Crippen LogP contribution in [0.3, 0.4) is 0 Å². The van der Waals surface area contributed by atoms with Gasteiger partial charge in [-0.2, -0.15) is 0 Å². The molecule has 106 valence electrons. The van der Waals surface area contributed by atoms with Crippen LogP contribution in [0.25, 0.3) is 0 Å². The zero-order valence-corrected chi connectivity index (χ0v) is 11.5. The third-order valence-electron chi connectivity index (χ3n) is 3.72. The molecule has 19 heavy (non-hydrogen) atoms. The van der Waals surface area contributed by atoms with Gasteiger partial charge in [0.25, 0.3) is 5.92 Å². The van der Waals surface area contributed by atoms with Gasteiger partial charge in [0.1, 0.15) is 5.75 Å². The molecule has 1 heterocycles. The predicted molar refractivity (Wildman–Crippen MR) is 71.9 cm³/mol. The number of halogens is 2. The minimum atomic E-state index is -2.87. The molecule has 0 bridgehead atoms. The Labute approximate surface area is 113 Å². The van der Waals surface area contributed by atoms with Crippen molar-refractivity contribution in [1.82, 2.24) is 5.32 Å². The molecular weight excluding hydrogens is 248 g/mol. The molecule has 0 spiro atoms. The summed E-state index contributed by atoms with van der Waals surface area (Å²) in [5.41, 5.74) is 0.964. The Hall–Kier alpha value is -1.16. The van der Waals surface area contributed by atoms with Gasteiger partial charge in [-0.05, 0) is 56.0 Å². The molecule has 1 fully saturated rings. The fourth-order valence-electron chi connectivity index (χ4n) is 2.64. The van der Waals surface area contributed by atoms with E-state index >= 15 is 0 Å². The maximum Gasteiger partial charge on any atom is 0.274 e. The first-order valence-electron chi connectivity index (χ1n) is 6.76. The summed E-state index contributed by atoms with van der Waals surface area (Å²) in [6.45, 7) is 2.97. The highest BCUT2D eigenvalue weighted by Crippen LogP contribution is 2.35. The van der Waals surface area contributed by atoms with E-state index in [0.29, 0.717) is 5.92 Å². The van der Waals surface area contributed by atoms with Crippen molar-refractivity contribution < 1.29 is 13.5 Å². The first-order chi connectivity index (χ1) is 9.00. The number of rotatable bonds is 4. The molecule has 1 aromatic rings. The summed E-state index contributed by atoms with van der Waals surface area (Å²) in [6.07, 6.45) is 3.10. The first-order valence-corrected chi connectivity index (χ1v) is 6.76. The molecule has 0 aromatic heterocycles. The summed E-state index contributed by atoms with van der Waals surface area (Å²) in [5.74, 6) is -2.01. The summed E-state index contributed by atoms with van der Waals surface area (Å²) >= 11 is 0. The lowest BCUT2D eigenvalue weighted by molar-refractivity contribution is 0.0150. The molecule has 4 heteroatoms. The van der Waals surface area contributed by atoms with Crippen molar-refractivity contribution >= 4 is 0 Å². The molecule has 0 amide bonds. The van der Waals surface area contributed by atoms with Crippen LogP contribution in [0.4, 0.5) is 8.78 Å². The SMILES string of the molecule is COc1ccc(CC2CCNCC2)cc1C(C)(F)F. The Bertz CT molecular complexity index is 423. The highest BCUT2D eigenvalue weighted by atomic mass is 19.3. The zero-order valence-electron chi connectivity index (χ0n) is 11.5. The van der Waals surface area contributed by atoms with E-state index < -0.39 is 5.92 Å². The zero-order chi connectivity index (χ0) is 13.9. The van der Waals surface area contributed by atoms with Crippen LogP contribution in [0.5, 0.6) is 5.75 Å². The largest absolute Gasteiger partial charge is 0.496 e. The van der Waals surface area contributed by atoms with Crippen molar-refractivity contribution in [3.05, 3.63) is 29.3 Å². The molecule has 1 N–H and O–H groups in total. The van der Waals surface area contributed by atoms with Crippen molar-refractivity contribution in [3.63, 3.8) is 0 Å². The van der Waals surface area contributed by atoms with Gasteiger partial charge in [-0.1, -0.05) is 6.07 Å². The summed E-state index contributed by atoms with van der Waals surface area (Å²) in [7, 11) is 1.43. The molecule has 2 rings (SSSR count). The topological polar surface area (TPSA) is 21.3 Å². The summed E-state index contributed by atoms with van der Waals surface area (Å²) in [6, 6.07) is 5.15. The monoisotopic (exact) mass is 269 g/mol. The minimum absolute atomic E-state index is 0.0126. The number of hydrogen-bond acceptors (Lipinski definition) is 2. The number of benzene rings is 1. The number of hydrogen-bond donors (Lipinski definition) is 1. The molecular formula is C15H21F2NO. The van der Waals surface area contributed by atoms with Crippen LogP contribution in [-0.2, 0) is 12.3 Å². The third kappa shape index (κ3) is 3.66. The van der Waals surface area contributed by atoms with Gasteiger partial charge in [0.15, 0.2) is 0 Å². The summed E-state index contributed by atoms with van der Waals surface area (Å²) < 4.78 is 32.2. The van der Waals surface area contributed by atoms with Crippen molar-refractivity contribution in [2.75, 3.05) is 20.2 Å². The van der Waals surface area contributed by atoms with E-state index in [4.69, 9.17) is 4.74 Å². The predicted octanol–water partition coefficient (Wildman–Crippen LogP) is 3.35. The van der Waals surface area contributed by atoms with Crippen molar-refractivity contribution in [2.45, 2.75) is 32.1 Å². The number of alkyl halides is 2. The average Bonchev–Trinajstić information content (AvgIpc) is 2.39. The van der Waals surface area contributed by atoms with Crippen LogP contribution in [0, 0.1) is 5.92 Å². The van der Waals surface area contributed by atoms with Gasteiger partial charge in [0, 0.05) is 6.92 Å². The fraction of sp³-hybridized carbons (Fsp3) is 0.600. The van der Waals surface area contributed by atoms with E-state index in [1.807, 2.05) is 6.07 Å². The second-order valence-corrected chi connectivity index (χ2v) is 5.32. The van der Waals surface area contributed by atoms with E-state index in [9.17, 15) is 8.78 Å². The Kier molecular flexibility index (Phi) is 4.40. The minimum Gasteiger partial charge on any atom is -0.496 e. The van der Waals surface area contributed by atoms with Crippen LogP contribution in [-0.4, -0.2) is 20.2 Å². The van der Waals surface area contributed by atoms with Gasteiger partial charge >= 0.3 is 0 Å². The van der Waals surface area contributed by atoms with E-state index in [0.717, 1.165) is 44.8 Å². The summed E-state index contributed by atoms with van der Waals surface area (Å²) in [4.78, 5) is 0. The molecule has 0 atom stereocenters. The Morgan fingerprint density at radius 1 is 1.32 bits per heavy atom. The lowest BCUT2D eigenvalue weighted by atomic mass is 9.90. The van der Waals surface area contributed by atoms with Gasteiger partial charge < -0.3 is 10.1 Å². The number of ether oxygens (including phenoxy) is 1. The van der Waals surface area contributed by atoms with Crippen LogP contribution in [0.15, 0.2) is 18.2 Å². The molecule has 1 saturated heterocycles. The van der Waals surface area contributed by atoms with Crippen molar-refractivity contribution in [2.24, 2.45) is 5.92 Å². The number of nitrogens with one attached hydrogen (secondary N) is 1. The van der Waals surface area contributed by atoms with Crippen LogP contribution in [0.1, 0.15) is 30.9 Å². The molecule has 0 aliphatic carbocycles. The van der Waals surface area contributed by atoms with E-state index in [1.54, 1.807) is 12.1 Å². The van der Waals surface area contributed by atoms with Gasteiger partial charge in [-0.15, -0.1) is 0 Å². The van der Waals surface area contributed by atoms with E-state index in [1.165, 1.54) is 7.11 Å². The van der Waals surface area contributed by atoms with Crippen molar-refractivity contribution in [3.8, 4) is 5.75 Å². The highest BCUT2D eigenvalue weighted by Gasteiger charge is 2.29. The Balaban J connectivity index is 2.17. The molecule has 0 unspecified atom stereocenters. The van der Waals surface area contributed by atoms with E-state index in [-0.39, 0.29) is 11.3 Å². The van der Waals surface area contributed by atoms with Gasteiger partial charge in [0.05, 0.1) is 12.7 Å². The van der Waals surface area contributed by atoms with Gasteiger partial charge in [-0.3, -0.25) is 0 Å². The average molecular weight is 269 g/mol. The van der Waals surface area contributed by atoms with E-state index in [2.05, 4.69) is 5.32 Å². The Morgan fingerprint density at radius 2 is 2.00 bits per heavy atom. The maximum absolute atomic E-state index is 13.6. The molecule has 1 aromatic carbocycles. The summed E-state index contributed by atoms with van der Waals surface area (Å²) in [5, 5.41) is 3.31. The second-order valence-electron chi connectivity index (χ2n) is 5.32. The smallest absolute Gasteiger partial charge is 0.274 e. The van der Waals surface area contributed by atoms with Gasteiger partial charge in [-0.25, -0.2) is 8.78 Å². The van der Waals surface area contributed by atoms with Crippen molar-refractivity contribution in [1.29, 1.82) is 0 Å². The molecule has 1 aliphatic rings. The number of methoxy groups -OCH3 is 1. The maximum atomic E-state index is 13.6. The highest BCUT2D eigenvalue weighted by molar-refractivity contribution is 5.40.